The molecule has 0 aromatic rings. The van der Waals surface area contributed by atoms with Crippen molar-refractivity contribution in [2.24, 2.45) is 0 Å². The lowest BCUT2D eigenvalue weighted by molar-refractivity contribution is -0.134. The molecule has 3 unspecified atom stereocenters. The average Bonchev–Trinajstić information content (AvgIpc) is 2.23. The summed E-state index contributed by atoms with van der Waals surface area (Å²) in [5.74, 6) is 0. The summed E-state index contributed by atoms with van der Waals surface area (Å²) in [7, 11) is 1.79. The van der Waals surface area contributed by atoms with E-state index in [2.05, 4.69) is 38.3 Å². The van der Waals surface area contributed by atoms with Gasteiger partial charge in [0.05, 0.1) is 12.2 Å². The summed E-state index contributed by atoms with van der Waals surface area (Å²) >= 11 is 0. The average molecular weight is 284 g/mol. The lowest BCUT2D eigenvalue weighted by atomic mass is 9.77. The van der Waals surface area contributed by atoms with Gasteiger partial charge in [0.2, 0.25) is 0 Å². The number of ether oxygens (including phenoxy) is 2. The van der Waals surface area contributed by atoms with Gasteiger partial charge in [-0.1, -0.05) is 0 Å². The van der Waals surface area contributed by atoms with Crippen molar-refractivity contribution in [1.82, 2.24) is 10.6 Å². The molecule has 0 aromatic heterocycles. The molecule has 1 heterocycles. The molecule has 20 heavy (non-hydrogen) atoms. The summed E-state index contributed by atoms with van der Waals surface area (Å²) in [5.41, 5.74) is 0.371. The predicted octanol–water partition coefficient (Wildman–Crippen LogP) is 2.08. The molecule has 1 aliphatic carbocycles. The Morgan fingerprint density at radius 2 is 1.75 bits per heavy atom. The molecule has 1 aliphatic heterocycles. The summed E-state index contributed by atoms with van der Waals surface area (Å²) in [5, 5.41) is 7.54. The molecule has 2 rings (SSSR count). The smallest absolute Gasteiger partial charge is 0.0986 e. The van der Waals surface area contributed by atoms with E-state index in [9.17, 15) is 0 Å². The third-order valence-electron chi connectivity index (χ3n) is 4.54. The minimum Gasteiger partial charge on any atom is -0.377 e. The van der Waals surface area contributed by atoms with Crippen LogP contribution in [-0.2, 0) is 9.47 Å². The molecule has 4 heteroatoms. The van der Waals surface area contributed by atoms with Crippen LogP contribution >= 0.6 is 0 Å². The molecule has 1 saturated carbocycles. The van der Waals surface area contributed by atoms with E-state index in [4.69, 9.17) is 9.47 Å². The summed E-state index contributed by atoms with van der Waals surface area (Å²) < 4.78 is 11.3. The first kappa shape index (κ1) is 16.2. The van der Waals surface area contributed by atoms with Crippen molar-refractivity contribution < 1.29 is 9.47 Å². The highest BCUT2D eigenvalue weighted by Gasteiger charge is 2.45. The molecule has 2 fully saturated rings. The molecule has 0 aromatic carbocycles. The molecule has 118 valence electrons. The van der Waals surface area contributed by atoms with Gasteiger partial charge in [0.15, 0.2) is 0 Å². The maximum atomic E-state index is 5.71. The predicted molar refractivity (Wildman–Crippen MR) is 82.1 cm³/mol. The van der Waals surface area contributed by atoms with Gasteiger partial charge in [-0.05, 0) is 53.9 Å². The number of piperidine rings is 1. The Kier molecular flexibility index (Phi) is 4.80. The lowest BCUT2D eigenvalue weighted by Crippen LogP contribution is -2.67. The molecule has 1 saturated heterocycles. The maximum Gasteiger partial charge on any atom is 0.0986 e. The van der Waals surface area contributed by atoms with Crippen LogP contribution < -0.4 is 10.6 Å². The highest BCUT2D eigenvalue weighted by Crippen LogP contribution is 2.32. The van der Waals surface area contributed by atoms with Crippen LogP contribution in [0.5, 0.6) is 0 Å². The minimum absolute atomic E-state index is 0.186. The fourth-order valence-electron chi connectivity index (χ4n) is 4.18. The maximum absolute atomic E-state index is 5.71. The Labute approximate surface area is 124 Å². The van der Waals surface area contributed by atoms with Crippen LogP contribution in [0.15, 0.2) is 0 Å². The van der Waals surface area contributed by atoms with Crippen molar-refractivity contribution in [2.45, 2.75) is 89.3 Å². The zero-order chi connectivity index (χ0) is 15.0. The van der Waals surface area contributed by atoms with Crippen LogP contribution in [0.2, 0.25) is 0 Å². The fraction of sp³-hybridized carbons (Fsp3) is 1.00. The highest BCUT2D eigenvalue weighted by molar-refractivity contribution is 5.04. The van der Waals surface area contributed by atoms with Crippen molar-refractivity contribution in [3.63, 3.8) is 0 Å². The van der Waals surface area contributed by atoms with Crippen LogP contribution in [0.3, 0.4) is 0 Å². The van der Waals surface area contributed by atoms with E-state index in [1.165, 1.54) is 0 Å². The van der Waals surface area contributed by atoms with Gasteiger partial charge in [0, 0.05) is 36.9 Å². The summed E-state index contributed by atoms with van der Waals surface area (Å²) in [6.45, 7) is 12.0. The Balaban J connectivity index is 1.90. The molecule has 3 atom stereocenters. The first-order chi connectivity index (χ1) is 9.26. The summed E-state index contributed by atoms with van der Waals surface area (Å²) in [6, 6.07) is 0.984. The Morgan fingerprint density at radius 1 is 1.15 bits per heavy atom. The van der Waals surface area contributed by atoms with Gasteiger partial charge in [0.25, 0.3) is 0 Å². The first-order valence-corrected chi connectivity index (χ1v) is 7.96. The van der Waals surface area contributed by atoms with Crippen LogP contribution in [0.4, 0.5) is 0 Å². The van der Waals surface area contributed by atoms with E-state index in [1.807, 2.05) is 6.92 Å². The normalized spacial score (nSPS) is 36.6. The summed E-state index contributed by atoms with van der Waals surface area (Å²) in [6.07, 6.45) is 3.85. The quantitative estimate of drug-likeness (QED) is 0.811. The molecule has 0 amide bonds. The lowest BCUT2D eigenvalue weighted by Gasteiger charge is -2.50. The molecule has 2 N–H and O–H groups in total. The molecule has 0 spiro atoms. The van der Waals surface area contributed by atoms with Crippen LogP contribution in [0.25, 0.3) is 0 Å². The second-order valence-electron chi connectivity index (χ2n) is 7.70. The Morgan fingerprint density at radius 3 is 2.25 bits per heavy atom. The molecule has 0 radical (unpaired) electrons. The molecule has 4 nitrogen and oxygen atoms in total. The van der Waals surface area contributed by atoms with Crippen LogP contribution in [-0.4, -0.2) is 49.1 Å². The van der Waals surface area contributed by atoms with Gasteiger partial charge in [-0.2, -0.15) is 0 Å². The fourth-order valence-corrected chi connectivity index (χ4v) is 4.18. The third kappa shape index (κ3) is 3.73. The van der Waals surface area contributed by atoms with Crippen molar-refractivity contribution >= 4 is 0 Å². The highest BCUT2D eigenvalue weighted by atomic mass is 16.5. The second-order valence-corrected chi connectivity index (χ2v) is 7.70. The van der Waals surface area contributed by atoms with Crippen LogP contribution in [0, 0.1) is 0 Å². The Hall–Kier alpha value is -0.160. The standard InChI is InChI=1S/C16H32N2O2/c1-7-20-13-8-12(14(13)19-6)17-11-9-15(2,3)18-16(4,5)10-11/h11-14,17-18H,7-10H2,1-6H3. The minimum atomic E-state index is 0.186. The van der Waals surface area contributed by atoms with E-state index in [1.54, 1.807) is 7.11 Å². The largest absolute Gasteiger partial charge is 0.377 e. The zero-order valence-corrected chi connectivity index (χ0v) is 14.0. The monoisotopic (exact) mass is 284 g/mol. The second kappa shape index (κ2) is 5.91. The van der Waals surface area contributed by atoms with Gasteiger partial charge in [-0.15, -0.1) is 0 Å². The van der Waals surface area contributed by atoms with E-state index in [0.29, 0.717) is 12.1 Å². The SMILES string of the molecule is CCOC1CC(NC2CC(C)(C)NC(C)(C)C2)C1OC. The number of nitrogens with one attached hydrogen (secondary N) is 2. The Bertz CT molecular complexity index is 314. The molecule has 0 bridgehead atoms. The van der Waals surface area contributed by atoms with E-state index < -0.39 is 0 Å². The van der Waals surface area contributed by atoms with Crippen molar-refractivity contribution in [3.05, 3.63) is 0 Å². The van der Waals surface area contributed by atoms with Gasteiger partial charge in [0.1, 0.15) is 0 Å². The van der Waals surface area contributed by atoms with Gasteiger partial charge in [-0.25, -0.2) is 0 Å². The summed E-state index contributed by atoms with van der Waals surface area (Å²) in [4.78, 5) is 0. The van der Waals surface area contributed by atoms with Gasteiger partial charge in [-0.3, -0.25) is 0 Å². The number of rotatable bonds is 5. The van der Waals surface area contributed by atoms with Gasteiger partial charge >= 0.3 is 0 Å². The van der Waals surface area contributed by atoms with Crippen molar-refractivity contribution in [2.75, 3.05) is 13.7 Å². The van der Waals surface area contributed by atoms with Crippen molar-refractivity contribution in [3.8, 4) is 0 Å². The van der Waals surface area contributed by atoms with E-state index in [0.717, 1.165) is 25.9 Å². The van der Waals surface area contributed by atoms with Crippen LogP contribution in [0.1, 0.15) is 53.9 Å². The first-order valence-electron chi connectivity index (χ1n) is 7.96. The number of methoxy groups -OCH3 is 1. The number of hydrogen-bond acceptors (Lipinski definition) is 4. The van der Waals surface area contributed by atoms with E-state index >= 15 is 0 Å². The zero-order valence-electron chi connectivity index (χ0n) is 14.0. The molecular formula is C16H32N2O2. The van der Waals surface area contributed by atoms with E-state index in [-0.39, 0.29) is 23.3 Å². The van der Waals surface area contributed by atoms with Crippen molar-refractivity contribution in [1.29, 1.82) is 0 Å². The number of hydrogen-bond donors (Lipinski definition) is 2. The third-order valence-corrected chi connectivity index (χ3v) is 4.54. The molecular weight excluding hydrogens is 252 g/mol. The topological polar surface area (TPSA) is 42.5 Å². The van der Waals surface area contributed by atoms with Gasteiger partial charge < -0.3 is 20.1 Å². The molecule has 2 aliphatic rings.